The fourth-order valence-electron chi connectivity index (χ4n) is 3.32. The van der Waals surface area contributed by atoms with Gasteiger partial charge in [0.05, 0.1) is 11.6 Å². The molecule has 0 saturated heterocycles. The third kappa shape index (κ3) is 5.81. The Bertz CT molecular complexity index is 914. The Balaban J connectivity index is 1.56. The first-order valence-electron chi connectivity index (χ1n) is 9.53. The van der Waals surface area contributed by atoms with Gasteiger partial charge < -0.3 is 10.1 Å². The summed E-state index contributed by atoms with van der Waals surface area (Å²) >= 11 is 3.13. The van der Waals surface area contributed by atoms with Crippen LogP contribution in [0, 0.1) is 18.3 Å². The molecule has 1 amide bonds. The van der Waals surface area contributed by atoms with Gasteiger partial charge in [0, 0.05) is 16.8 Å². The number of carbonyl (C=O) groups excluding carboxylic acids is 2. The van der Waals surface area contributed by atoms with Crippen molar-refractivity contribution in [3.8, 4) is 6.07 Å². The number of amides is 1. The SMILES string of the molecule is Cc1csc(SCc2ccccc2C(=O)OCC(=O)NC2(C#N)CCCCC2)n1. The van der Waals surface area contributed by atoms with Gasteiger partial charge in [-0.1, -0.05) is 49.2 Å². The Morgan fingerprint density at radius 2 is 2.07 bits per heavy atom. The first-order valence-corrected chi connectivity index (χ1v) is 11.4. The summed E-state index contributed by atoms with van der Waals surface area (Å²) in [4.78, 5) is 29.2. The molecule has 1 heterocycles. The Morgan fingerprint density at radius 3 is 2.76 bits per heavy atom. The van der Waals surface area contributed by atoms with E-state index in [1.54, 1.807) is 35.2 Å². The molecule has 152 valence electrons. The van der Waals surface area contributed by atoms with Crippen molar-refractivity contribution in [3.63, 3.8) is 0 Å². The van der Waals surface area contributed by atoms with Gasteiger partial charge in [-0.3, -0.25) is 4.79 Å². The number of aromatic nitrogens is 1. The molecule has 1 aromatic heterocycles. The van der Waals surface area contributed by atoms with Crippen LogP contribution in [0.4, 0.5) is 0 Å². The van der Waals surface area contributed by atoms with Crippen molar-refractivity contribution >= 4 is 35.0 Å². The highest BCUT2D eigenvalue weighted by Gasteiger charge is 2.33. The summed E-state index contributed by atoms with van der Waals surface area (Å²) in [6.07, 6.45) is 4.18. The molecule has 0 unspecified atom stereocenters. The molecule has 0 radical (unpaired) electrons. The van der Waals surface area contributed by atoms with E-state index in [1.807, 2.05) is 24.4 Å². The molecule has 1 N–H and O–H groups in total. The van der Waals surface area contributed by atoms with E-state index in [0.29, 0.717) is 24.2 Å². The fraction of sp³-hybridized carbons (Fsp3) is 0.429. The van der Waals surface area contributed by atoms with Crippen molar-refractivity contribution in [2.75, 3.05) is 6.61 Å². The molecule has 0 bridgehead atoms. The topological polar surface area (TPSA) is 92.1 Å². The number of thioether (sulfide) groups is 1. The van der Waals surface area contributed by atoms with E-state index < -0.39 is 24.0 Å². The van der Waals surface area contributed by atoms with Crippen molar-refractivity contribution in [3.05, 3.63) is 46.5 Å². The van der Waals surface area contributed by atoms with E-state index in [-0.39, 0.29) is 0 Å². The number of nitrogens with zero attached hydrogens (tertiary/aromatic N) is 2. The second-order valence-electron chi connectivity index (χ2n) is 7.08. The van der Waals surface area contributed by atoms with Crippen molar-refractivity contribution in [2.24, 2.45) is 0 Å². The summed E-state index contributed by atoms with van der Waals surface area (Å²) in [5.74, 6) is -0.393. The number of benzene rings is 1. The fourth-order valence-corrected chi connectivity index (χ4v) is 5.17. The number of nitrogens with one attached hydrogen (secondary N) is 1. The van der Waals surface area contributed by atoms with Gasteiger partial charge in [-0.05, 0) is 31.4 Å². The standard InChI is InChI=1S/C21H23N3O3S2/c1-15-12-28-20(23-15)29-13-16-7-3-4-8-17(16)19(26)27-11-18(25)24-21(14-22)9-5-2-6-10-21/h3-4,7-8,12H,2,5-6,9-11,13H2,1H3,(H,24,25). The lowest BCUT2D eigenvalue weighted by molar-refractivity contribution is -0.125. The van der Waals surface area contributed by atoms with E-state index in [2.05, 4.69) is 16.4 Å². The molecule has 8 heteroatoms. The zero-order valence-electron chi connectivity index (χ0n) is 16.3. The second kappa shape index (κ2) is 9.90. The number of hydrogen-bond donors (Lipinski definition) is 1. The summed E-state index contributed by atoms with van der Waals surface area (Å²) in [5.41, 5.74) is 1.41. The lowest BCUT2D eigenvalue weighted by Crippen LogP contribution is -2.50. The average molecular weight is 430 g/mol. The zero-order valence-corrected chi connectivity index (χ0v) is 17.9. The van der Waals surface area contributed by atoms with Crippen LogP contribution in [0.2, 0.25) is 0 Å². The third-order valence-electron chi connectivity index (χ3n) is 4.82. The van der Waals surface area contributed by atoms with Gasteiger partial charge in [0.1, 0.15) is 9.88 Å². The molecule has 1 aromatic carbocycles. The number of nitriles is 1. The number of ether oxygens (including phenoxy) is 1. The monoisotopic (exact) mass is 429 g/mol. The molecule has 0 aliphatic heterocycles. The summed E-state index contributed by atoms with van der Waals surface area (Å²) in [7, 11) is 0. The van der Waals surface area contributed by atoms with Gasteiger partial charge in [0.15, 0.2) is 6.61 Å². The minimum absolute atomic E-state index is 0.393. The number of rotatable bonds is 7. The lowest BCUT2D eigenvalue weighted by atomic mass is 9.83. The largest absolute Gasteiger partial charge is 0.452 e. The molecule has 6 nitrogen and oxygen atoms in total. The normalized spacial score (nSPS) is 15.3. The maximum atomic E-state index is 12.5. The van der Waals surface area contributed by atoms with Crippen LogP contribution in [-0.2, 0) is 15.3 Å². The predicted octanol–water partition coefficient (Wildman–Crippen LogP) is 4.24. The minimum atomic E-state index is -0.831. The lowest BCUT2D eigenvalue weighted by Gasteiger charge is -2.31. The predicted molar refractivity (Wildman–Crippen MR) is 113 cm³/mol. The van der Waals surface area contributed by atoms with Crippen LogP contribution in [-0.4, -0.2) is 29.0 Å². The molecule has 1 saturated carbocycles. The van der Waals surface area contributed by atoms with E-state index in [9.17, 15) is 14.9 Å². The summed E-state index contributed by atoms with van der Waals surface area (Å²) < 4.78 is 6.18. The highest BCUT2D eigenvalue weighted by Crippen LogP contribution is 2.28. The molecular formula is C21H23N3O3S2. The number of hydrogen-bond acceptors (Lipinski definition) is 7. The van der Waals surface area contributed by atoms with Crippen LogP contribution >= 0.6 is 23.1 Å². The minimum Gasteiger partial charge on any atom is -0.452 e. The quantitative estimate of drug-likeness (QED) is 0.523. The van der Waals surface area contributed by atoms with Crippen LogP contribution < -0.4 is 5.32 Å². The number of carbonyl (C=O) groups is 2. The van der Waals surface area contributed by atoms with E-state index in [4.69, 9.17) is 4.74 Å². The maximum absolute atomic E-state index is 12.5. The highest BCUT2D eigenvalue weighted by atomic mass is 32.2. The average Bonchev–Trinajstić information content (AvgIpc) is 3.16. The van der Waals surface area contributed by atoms with Gasteiger partial charge >= 0.3 is 5.97 Å². The first-order chi connectivity index (χ1) is 14.0. The Kier molecular flexibility index (Phi) is 7.29. The number of aryl methyl sites for hydroxylation is 1. The van der Waals surface area contributed by atoms with Crippen molar-refractivity contribution in [1.29, 1.82) is 5.26 Å². The van der Waals surface area contributed by atoms with Gasteiger partial charge in [-0.2, -0.15) is 5.26 Å². The molecule has 1 aliphatic rings. The first kappa shape index (κ1) is 21.3. The van der Waals surface area contributed by atoms with Crippen molar-refractivity contribution in [1.82, 2.24) is 10.3 Å². The van der Waals surface area contributed by atoms with Crippen LogP contribution in [0.15, 0.2) is 34.0 Å². The highest BCUT2D eigenvalue weighted by molar-refractivity contribution is 8.00. The summed E-state index contributed by atoms with van der Waals surface area (Å²) in [6, 6.07) is 9.43. The van der Waals surface area contributed by atoms with Crippen LogP contribution in [0.5, 0.6) is 0 Å². The summed E-state index contributed by atoms with van der Waals surface area (Å²) in [6.45, 7) is 1.55. The molecule has 3 rings (SSSR count). The Labute approximate surface area is 178 Å². The Morgan fingerprint density at radius 1 is 1.31 bits per heavy atom. The van der Waals surface area contributed by atoms with Crippen LogP contribution in [0.25, 0.3) is 0 Å². The van der Waals surface area contributed by atoms with Crippen LogP contribution in [0.3, 0.4) is 0 Å². The Hall–Kier alpha value is -2.37. The van der Waals surface area contributed by atoms with E-state index >= 15 is 0 Å². The molecule has 2 aromatic rings. The van der Waals surface area contributed by atoms with Gasteiger partial charge in [-0.25, -0.2) is 9.78 Å². The molecular weight excluding hydrogens is 406 g/mol. The van der Waals surface area contributed by atoms with Gasteiger partial charge in [-0.15, -0.1) is 11.3 Å². The van der Waals surface area contributed by atoms with Crippen LogP contribution in [0.1, 0.15) is 53.7 Å². The number of thiazole rings is 1. The number of esters is 1. The maximum Gasteiger partial charge on any atom is 0.338 e. The van der Waals surface area contributed by atoms with E-state index in [1.165, 1.54) is 0 Å². The molecule has 0 spiro atoms. The molecule has 0 atom stereocenters. The molecule has 1 fully saturated rings. The zero-order chi connectivity index (χ0) is 20.7. The van der Waals surface area contributed by atoms with Gasteiger partial charge in [0.25, 0.3) is 5.91 Å². The van der Waals surface area contributed by atoms with Gasteiger partial charge in [0.2, 0.25) is 0 Å². The second-order valence-corrected chi connectivity index (χ2v) is 9.16. The van der Waals surface area contributed by atoms with Crippen molar-refractivity contribution in [2.45, 2.75) is 54.7 Å². The molecule has 1 aliphatic carbocycles. The smallest absolute Gasteiger partial charge is 0.338 e. The van der Waals surface area contributed by atoms with E-state index in [0.717, 1.165) is 34.9 Å². The summed E-state index contributed by atoms with van der Waals surface area (Å²) in [5, 5.41) is 14.2. The molecule has 29 heavy (non-hydrogen) atoms. The van der Waals surface area contributed by atoms with Crippen molar-refractivity contribution < 1.29 is 14.3 Å². The third-order valence-corrected chi connectivity index (χ3v) is 7.01.